The molecule has 3 aromatic heterocycles. The first-order valence-electron chi connectivity index (χ1n) is 11.3. The number of aromatic nitrogens is 3. The third-order valence-electron chi connectivity index (χ3n) is 6.99. The first-order valence-corrected chi connectivity index (χ1v) is 11.3. The molecule has 1 aliphatic carbocycles. The second-order valence-electron chi connectivity index (χ2n) is 9.50. The Balaban J connectivity index is 1.59. The highest BCUT2D eigenvalue weighted by atomic mass is 16.3. The maximum Gasteiger partial charge on any atom is 0.154 e. The average molecular weight is 423 g/mol. The first-order chi connectivity index (χ1) is 15.5. The molecule has 1 fully saturated rings. The molecule has 1 saturated carbocycles. The molecule has 0 saturated heterocycles. The maximum absolute atomic E-state index is 5.69. The predicted molar refractivity (Wildman–Crippen MR) is 125 cm³/mol. The van der Waals surface area contributed by atoms with Crippen molar-refractivity contribution in [3.63, 3.8) is 0 Å². The molecule has 0 N–H and O–H groups in total. The van der Waals surface area contributed by atoms with Gasteiger partial charge in [0.1, 0.15) is 12.0 Å². The van der Waals surface area contributed by atoms with E-state index >= 15 is 0 Å². The van der Waals surface area contributed by atoms with Gasteiger partial charge >= 0.3 is 0 Å². The zero-order valence-electron chi connectivity index (χ0n) is 18.6. The van der Waals surface area contributed by atoms with Gasteiger partial charge in [-0.05, 0) is 73.1 Å². The minimum Gasteiger partial charge on any atom is -0.463 e. The number of hydrogen-bond donors (Lipinski definition) is 0. The molecule has 1 atom stereocenters. The molecule has 32 heavy (non-hydrogen) atoms. The Kier molecular flexibility index (Phi) is 4.22. The van der Waals surface area contributed by atoms with Crippen LogP contribution in [0.15, 0.2) is 76.7 Å². The Morgan fingerprint density at radius 2 is 1.91 bits per heavy atom. The third-order valence-corrected chi connectivity index (χ3v) is 6.99. The SMILES string of the molecule is CC1CC(C)(c2ccc3c(c2)C(c2ccccn2)=N[C@@H](C)c2c(-c4ccco4)ncn2-3)C1. The molecule has 4 aromatic rings. The summed E-state index contributed by atoms with van der Waals surface area (Å²) in [7, 11) is 0. The highest BCUT2D eigenvalue weighted by molar-refractivity contribution is 6.14. The predicted octanol–water partition coefficient (Wildman–Crippen LogP) is 6.13. The maximum atomic E-state index is 5.69. The summed E-state index contributed by atoms with van der Waals surface area (Å²) >= 11 is 0. The van der Waals surface area contributed by atoms with Gasteiger partial charge in [-0.15, -0.1) is 0 Å². The molecule has 0 radical (unpaired) electrons. The van der Waals surface area contributed by atoms with Gasteiger partial charge in [0, 0.05) is 11.8 Å². The van der Waals surface area contributed by atoms with Crippen molar-refractivity contribution in [1.29, 1.82) is 0 Å². The van der Waals surface area contributed by atoms with Crippen molar-refractivity contribution < 1.29 is 4.42 Å². The summed E-state index contributed by atoms with van der Waals surface area (Å²) in [5.41, 5.74) is 7.48. The molecule has 5 heteroatoms. The highest BCUT2D eigenvalue weighted by Gasteiger charge is 2.40. The van der Waals surface area contributed by atoms with Crippen LogP contribution in [0.5, 0.6) is 0 Å². The molecule has 2 aliphatic rings. The normalized spacial score (nSPS) is 24.2. The number of benzene rings is 1. The number of pyridine rings is 1. The second-order valence-corrected chi connectivity index (χ2v) is 9.50. The van der Waals surface area contributed by atoms with Crippen LogP contribution in [0.25, 0.3) is 17.1 Å². The summed E-state index contributed by atoms with van der Waals surface area (Å²) in [6.07, 6.45) is 7.86. The zero-order chi connectivity index (χ0) is 21.9. The lowest BCUT2D eigenvalue weighted by atomic mass is 9.60. The van der Waals surface area contributed by atoms with Crippen molar-refractivity contribution in [2.75, 3.05) is 0 Å². The molecular weight excluding hydrogens is 396 g/mol. The Bertz CT molecular complexity index is 1310. The summed E-state index contributed by atoms with van der Waals surface area (Å²) in [4.78, 5) is 14.6. The van der Waals surface area contributed by atoms with E-state index in [-0.39, 0.29) is 11.5 Å². The summed E-state index contributed by atoms with van der Waals surface area (Å²) in [5.74, 6) is 1.54. The van der Waals surface area contributed by atoms with Gasteiger partial charge in [-0.2, -0.15) is 0 Å². The summed E-state index contributed by atoms with van der Waals surface area (Å²) in [5, 5.41) is 0. The molecular formula is C27H26N4O. The van der Waals surface area contributed by atoms with E-state index in [1.54, 1.807) is 6.26 Å². The monoisotopic (exact) mass is 422 g/mol. The number of furan rings is 1. The van der Waals surface area contributed by atoms with E-state index in [0.29, 0.717) is 0 Å². The van der Waals surface area contributed by atoms with E-state index in [1.165, 1.54) is 18.4 Å². The Morgan fingerprint density at radius 3 is 2.62 bits per heavy atom. The van der Waals surface area contributed by atoms with E-state index in [9.17, 15) is 0 Å². The van der Waals surface area contributed by atoms with Gasteiger partial charge in [-0.3, -0.25) is 14.5 Å². The van der Waals surface area contributed by atoms with Gasteiger partial charge in [0.05, 0.1) is 35.1 Å². The topological polar surface area (TPSA) is 56.2 Å². The molecule has 4 heterocycles. The van der Waals surface area contributed by atoms with Gasteiger partial charge in [0.2, 0.25) is 0 Å². The molecule has 0 unspecified atom stereocenters. The van der Waals surface area contributed by atoms with Crippen LogP contribution in [0.1, 0.15) is 62.2 Å². The van der Waals surface area contributed by atoms with E-state index in [1.807, 2.05) is 42.9 Å². The van der Waals surface area contributed by atoms with Gasteiger partial charge < -0.3 is 4.42 Å². The number of rotatable bonds is 3. The Hall–Kier alpha value is -3.47. The van der Waals surface area contributed by atoms with Crippen LogP contribution in [-0.2, 0) is 5.41 Å². The van der Waals surface area contributed by atoms with Gasteiger partial charge in [-0.25, -0.2) is 4.98 Å². The van der Waals surface area contributed by atoms with Crippen LogP contribution in [-0.4, -0.2) is 20.2 Å². The van der Waals surface area contributed by atoms with Crippen molar-refractivity contribution in [2.24, 2.45) is 10.9 Å². The van der Waals surface area contributed by atoms with Crippen LogP contribution in [0.4, 0.5) is 0 Å². The molecule has 0 bridgehead atoms. The number of fused-ring (bicyclic) bond motifs is 3. The quantitative estimate of drug-likeness (QED) is 0.399. The lowest BCUT2D eigenvalue weighted by Gasteiger charge is -2.44. The molecule has 5 nitrogen and oxygen atoms in total. The van der Waals surface area contributed by atoms with E-state index in [4.69, 9.17) is 14.4 Å². The fourth-order valence-corrected chi connectivity index (χ4v) is 5.61. The molecule has 0 amide bonds. The van der Waals surface area contributed by atoms with Crippen molar-refractivity contribution in [2.45, 2.75) is 45.1 Å². The van der Waals surface area contributed by atoms with Crippen LogP contribution in [0, 0.1) is 5.92 Å². The number of aliphatic imine (C=N–C) groups is 1. The van der Waals surface area contributed by atoms with Crippen LogP contribution < -0.4 is 0 Å². The van der Waals surface area contributed by atoms with Crippen LogP contribution in [0.3, 0.4) is 0 Å². The fourth-order valence-electron chi connectivity index (χ4n) is 5.61. The van der Waals surface area contributed by atoms with E-state index < -0.39 is 0 Å². The summed E-state index contributed by atoms with van der Waals surface area (Å²) in [6.45, 7) is 6.83. The number of nitrogens with zero attached hydrogens (tertiary/aromatic N) is 4. The van der Waals surface area contributed by atoms with Crippen molar-refractivity contribution in [3.05, 3.63) is 89.8 Å². The highest BCUT2D eigenvalue weighted by Crippen LogP contribution is 2.48. The average Bonchev–Trinajstić information content (AvgIpc) is 3.44. The fraction of sp³-hybridized carbons (Fsp3) is 0.296. The Labute approximate surface area is 187 Å². The summed E-state index contributed by atoms with van der Waals surface area (Å²) < 4.78 is 7.87. The standard InChI is InChI=1S/C27H26N4O/c1-17-14-27(3,15-17)19-9-10-22-20(13-19)24(21-7-4-5-11-28-21)30-18(2)26-25(29-16-31(22)26)23-8-6-12-32-23/h4-13,16-18H,14-15H2,1-3H3/t17?,18-,27?/m0/s1. The van der Waals surface area contributed by atoms with E-state index in [2.05, 4.69) is 48.5 Å². The third kappa shape index (κ3) is 2.88. The molecule has 6 rings (SSSR count). The van der Waals surface area contributed by atoms with Crippen molar-refractivity contribution >= 4 is 5.71 Å². The summed E-state index contributed by atoms with van der Waals surface area (Å²) in [6, 6.07) is 16.6. The van der Waals surface area contributed by atoms with E-state index in [0.717, 1.165) is 45.7 Å². The first kappa shape index (κ1) is 19.2. The molecule has 1 aromatic carbocycles. The second kappa shape index (κ2) is 7.02. The van der Waals surface area contributed by atoms with Gasteiger partial charge in [0.25, 0.3) is 0 Å². The minimum atomic E-state index is -0.107. The molecule has 1 aliphatic heterocycles. The Morgan fingerprint density at radius 1 is 1.03 bits per heavy atom. The smallest absolute Gasteiger partial charge is 0.154 e. The van der Waals surface area contributed by atoms with Crippen molar-refractivity contribution in [3.8, 4) is 17.1 Å². The number of imidazole rings is 1. The van der Waals surface area contributed by atoms with Crippen LogP contribution in [0.2, 0.25) is 0 Å². The lowest BCUT2D eigenvalue weighted by molar-refractivity contribution is 0.178. The minimum absolute atomic E-state index is 0.107. The van der Waals surface area contributed by atoms with Crippen LogP contribution >= 0.6 is 0 Å². The largest absolute Gasteiger partial charge is 0.463 e. The van der Waals surface area contributed by atoms with Gasteiger partial charge in [-0.1, -0.05) is 26.0 Å². The molecule has 160 valence electrons. The van der Waals surface area contributed by atoms with Crippen molar-refractivity contribution in [1.82, 2.24) is 14.5 Å². The lowest BCUT2D eigenvalue weighted by Crippen LogP contribution is -2.37. The van der Waals surface area contributed by atoms with Gasteiger partial charge in [0.15, 0.2) is 5.76 Å². The molecule has 0 spiro atoms. The zero-order valence-corrected chi connectivity index (χ0v) is 18.6. The number of hydrogen-bond acceptors (Lipinski definition) is 4.